The number of ether oxygens (including phenoxy) is 1. The largest absolute Gasteiger partial charge is 0.452 e. The van der Waals surface area contributed by atoms with Gasteiger partial charge in [-0.2, -0.15) is 0 Å². The van der Waals surface area contributed by atoms with E-state index in [1.54, 1.807) is 17.4 Å². The molecule has 5 nitrogen and oxygen atoms in total. The molecule has 1 aliphatic carbocycles. The van der Waals surface area contributed by atoms with E-state index in [2.05, 4.69) is 10.3 Å². The van der Waals surface area contributed by atoms with Gasteiger partial charge in [0.1, 0.15) is 0 Å². The maximum atomic E-state index is 12.7. The summed E-state index contributed by atoms with van der Waals surface area (Å²) in [6.07, 6.45) is 2.30. The molecule has 1 saturated carbocycles. The average molecular weight is 380 g/mol. The molecule has 1 aliphatic rings. The first-order valence-corrected chi connectivity index (χ1v) is 9.90. The number of carbonyl (C=O) groups excluding carboxylic acids is 2. The Hall–Kier alpha value is -2.73. The summed E-state index contributed by atoms with van der Waals surface area (Å²) in [5.74, 6) is -0.220. The monoisotopic (exact) mass is 380 g/mol. The Bertz CT molecular complexity index is 980. The number of para-hydroxylation sites is 1. The number of benzene rings is 1. The van der Waals surface area contributed by atoms with Gasteiger partial charge in [-0.3, -0.25) is 4.79 Å². The van der Waals surface area contributed by atoms with Gasteiger partial charge in [0.05, 0.1) is 21.7 Å². The van der Waals surface area contributed by atoms with E-state index in [1.807, 2.05) is 48.7 Å². The van der Waals surface area contributed by atoms with Gasteiger partial charge in [-0.1, -0.05) is 24.3 Å². The molecule has 1 fully saturated rings. The van der Waals surface area contributed by atoms with Gasteiger partial charge in [0.2, 0.25) is 0 Å². The molecule has 3 aromatic rings. The highest BCUT2D eigenvalue weighted by atomic mass is 32.1. The first kappa shape index (κ1) is 17.7. The smallest absolute Gasteiger partial charge is 0.339 e. The van der Waals surface area contributed by atoms with Crippen molar-refractivity contribution in [1.29, 1.82) is 0 Å². The highest BCUT2D eigenvalue weighted by Crippen LogP contribution is 2.32. The number of carbonyl (C=O) groups is 2. The fourth-order valence-electron chi connectivity index (χ4n) is 3.11. The van der Waals surface area contributed by atoms with Crippen molar-refractivity contribution in [3.63, 3.8) is 0 Å². The molecule has 0 unspecified atom stereocenters. The van der Waals surface area contributed by atoms with Crippen LogP contribution in [0.4, 0.5) is 0 Å². The van der Waals surface area contributed by atoms with E-state index in [-0.39, 0.29) is 18.6 Å². The maximum Gasteiger partial charge on any atom is 0.339 e. The second-order valence-electron chi connectivity index (χ2n) is 6.82. The van der Waals surface area contributed by atoms with Crippen LogP contribution >= 0.6 is 11.3 Å². The second kappa shape index (κ2) is 7.48. The van der Waals surface area contributed by atoms with Gasteiger partial charge in [0, 0.05) is 11.4 Å². The minimum Gasteiger partial charge on any atom is -0.452 e. The fraction of sp³-hybridized carbons (Fsp3) is 0.286. The molecule has 1 aromatic carbocycles. The van der Waals surface area contributed by atoms with Crippen LogP contribution in [0.3, 0.4) is 0 Å². The minimum absolute atomic E-state index is 0.128. The zero-order valence-corrected chi connectivity index (χ0v) is 15.8. The van der Waals surface area contributed by atoms with E-state index in [9.17, 15) is 9.59 Å². The number of nitrogens with one attached hydrogen (secondary N) is 1. The Labute approximate surface area is 161 Å². The number of hydrogen-bond donors (Lipinski definition) is 1. The molecule has 1 amide bonds. The Morgan fingerprint density at radius 2 is 2.07 bits per heavy atom. The topological polar surface area (TPSA) is 68.3 Å². The Balaban J connectivity index is 1.54. The molecule has 0 spiro atoms. The first-order valence-electron chi connectivity index (χ1n) is 9.02. The van der Waals surface area contributed by atoms with Crippen LogP contribution in [0.25, 0.3) is 21.5 Å². The van der Waals surface area contributed by atoms with Crippen molar-refractivity contribution in [3.05, 3.63) is 53.4 Å². The molecule has 2 aromatic heterocycles. The summed E-state index contributed by atoms with van der Waals surface area (Å²) in [5, 5.41) is 5.58. The molecule has 1 N–H and O–H groups in total. The molecule has 27 heavy (non-hydrogen) atoms. The summed E-state index contributed by atoms with van der Waals surface area (Å²) < 4.78 is 5.30. The summed E-state index contributed by atoms with van der Waals surface area (Å²) in [6, 6.07) is 13.2. The second-order valence-corrected chi connectivity index (χ2v) is 7.77. The standard InChI is InChI=1S/C21H20N2O3S/c1-13(14-8-9-14)22-20(24)12-26-21(25)16-11-18(19-7-4-10-27-19)23-17-6-3-2-5-15(16)17/h2-7,10-11,13-14H,8-9,12H2,1H3,(H,22,24)/t13-/m1/s1. The number of thiophene rings is 1. The number of rotatable bonds is 6. The van der Waals surface area contributed by atoms with E-state index in [0.29, 0.717) is 11.5 Å². The number of esters is 1. The lowest BCUT2D eigenvalue weighted by Crippen LogP contribution is -2.37. The van der Waals surface area contributed by atoms with Crippen molar-refractivity contribution in [2.24, 2.45) is 5.92 Å². The normalized spacial score (nSPS) is 14.7. The molecular weight excluding hydrogens is 360 g/mol. The van der Waals surface area contributed by atoms with E-state index in [0.717, 1.165) is 34.3 Å². The van der Waals surface area contributed by atoms with E-state index >= 15 is 0 Å². The predicted octanol–water partition coefficient (Wildman–Crippen LogP) is 4.03. The molecule has 2 heterocycles. The summed E-state index contributed by atoms with van der Waals surface area (Å²) in [6.45, 7) is 1.71. The zero-order valence-electron chi connectivity index (χ0n) is 15.0. The van der Waals surface area contributed by atoms with Gasteiger partial charge in [0.15, 0.2) is 6.61 Å². The maximum absolute atomic E-state index is 12.7. The molecule has 0 bridgehead atoms. The van der Waals surface area contributed by atoms with Crippen LogP contribution in [0.2, 0.25) is 0 Å². The Morgan fingerprint density at radius 3 is 2.81 bits per heavy atom. The molecule has 0 aliphatic heterocycles. The van der Waals surface area contributed by atoms with Crippen LogP contribution in [-0.2, 0) is 9.53 Å². The van der Waals surface area contributed by atoms with E-state index in [4.69, 9.17) is 4.74 Å². The highest BCUT2D eigenvalue weighted by Gasteiger charge is 2.29. The van der Waals surface area contributed by atoms with Gasteiger partial charge in [-0.25, -0.2) is 9.78 Å². The van der Waals surface area contributed by atoms with Gasteiger partial charge in [0.25, 0.3) is 5.91 Å². The van der Waals surface area contributed by atoms with Crippen LogP contribution < -0.4 is 5.32 Å². The summed E-state index contributed by atoms with van der Waals surface area (Å²) in [7, 11) is 0. The van der Waals surface area contributed by atoms with Crippen molar-refractivity contribution in [1.82, 2.24) is 10.3 Å². The van der Waals surface area contributed by atoms with Gasteiger partial charge in [-0.15, -0.1) is 11.3 Å². The van der Waals surface area contributed by atoms with Gasteiger partial charge >= 0.3 is 5.97 Å². The van der Waals surface area contributed by atoms with Crippen molar-refractivity contribution < 1.29 is 14.3 Å². The van der Waals surface area contributed by atoms with E-state index < -0.39 is 5.97 Å². The van der Waals surface area contributed by atoms with Crippen LogP contribution in [0.5, 0.6) is 0 Å². The lowest BCUT2D eigenvalue weighted by Gasteiger charge is -2.13. The molecule has 1 atom stereocenters. The van der Waals surface area contributed by atoms with Gasteiger partial charge < -0.3 is 10.1 Å². The van der Waals surface area contributed by atoms with Crippen LogP contribution in [0.1, 0.15) is 30.1 Å². The summed E-state index contributed by atoms with van der Waals surface area (Å²) in [5.41, 5.74) is 1.87. The first-order chi connectivity index (χ1) is 13.1. The highest BCUT2D eigenvalue weighted by molar-refractivity contribution is 7.13. The van der Waals surface area contributed by atoms with E-state index in [1.165, 1.54) is 0 Å². The molecular formula is C21H20N2O3S. The third-order valence-electron chi connectivity index (χ3n) is 4.76. The predicted molar refractivity (Wildman–Crippen MR) is 106 cm³/mol. The quantitative estimate of drug-likeness (QED) is 0.656. The molecule has 6 heteroatoms. The fourth-order valence-corrected chi connectivity index (χ4v) is 3.80. The van der Waals surface area contributed by atoms with Crippen molar-refractivity contribution in [2.45, 2.75) is 25.8 Å². The number of fused-ring (bicyclic) bond motifs is 1. The molecule has 0 saturated heterocycles. The van der Waals surface area contributed by atoms with Crippen LogP contribution in [-0.4, -0.2) is 29.5 Å². The van der Waals surface area contributed by atoms with Crippen LogP contribution in [0, 0.1) is 5.92 Å². The van der Waals surface area contributed by atoms with Crippen molar-refractivity contribution in [3.8, 4) is 10.6 Å². The molecule has 4 rings (SSSR count). The summed E-state index contributed by atoms with van der Waals surface area (Å²) >= 11 is 1.56. The lowest BCUT2D eigenvalue weighted by molar-refractivity contribution is -0.124. The average Bonchev–Trinajstić information content (AvgIpc) is 3.39. The SMILES string of the molecule is C[C@@H](NC(=O)COC(=O)c1cc(-c2cccs2)nc2ccccc12)C1CC1. The summed E-state index contributed by atoms with van der Waals surface area (Å²) in [4.78, 5) is 30.4. The number of nitrogens with zero attached hydrogens (tertiary/aromatic N) is 1. The number of hydrogen-bond acceptors (Lipinski definition) is 5. The zero-order chi connectivity index (χ0) is 18.8. The minimum atomic E-state index is -0.513. The third-order valence-corrected chi connectivity index (χ3v) is 5.65. The third kappa shape index (κ3) is 4.01. The van der Waals surface area contributed by atoms with Gasteiger partial charge in [-0.05, 0) is 49.3 Å². The van der Waals surface area contributed by atoms with Crippen LogP contribution in [0.15, 0.2) is 47.8 Å². The Kier molecular flexibility index (Phi) is 4.90. The molecule has 138 valence electrons. The number of aromatic nitrogens is 1. The van der Waals surface area contributed by atoms with Crippen molar-refractivity contribution in [2.75, 3.05) is 6.61 Å². The molecule has 0 radical (unpaired) electrons. The lowest BCUT2D eigenvalue weighted by atomic mass is 10.1. The number of amides is 1. The Morgan fingerprint density at radius 1 is 1.26 bits per heavy atom. The van der Waals surface area contributed by atoms with Crippen molar-refractivity contribution >= 4 is 34.1 Å². The number of pyridine rings is 1.